The molecule has 0 aliphatic heterocycles. The van der Waals surface area contributed by atoms with Crippen molar-refractivity contribution in [3.05, 3.63) is 71.0 Å². The molecule has 138 valence electrons. The first kappa shape index (κ1) is 18.7. The van der Waals surface area contributed by atoms with Gasteiger partial charge in [-0.1, -0.05) is 30.7 Å². The van der Waals surface area contributed by atoms with E-state index in [2.05, 4.69) is 27.5 Å². The highest BCUT2D eigenvalue weighted by molar-refractivity contribution is 6.31. The van der Waals surface area contributed by atoms with Crippen LogP contribution < -0.4 is 15.4 Å². The molecule has 2 N–H and O–H groups in total. The second-order valence-corrected chi connectivity index (χ2v) is 6.18. The topological polar surface area (TPSA) is 76.1 Å². The van der Waals surface area contributed by atoms with E-state index in [0.717, 1.165) is 12.1 Å². The third-order valence-corrected chi connectivity index (χ3v) is 4.15. The number of aryl methyl sites for hydroxylation is 1. The number of benzene rings is 2. The predicted octanol–water partition coefficient (Wildman–Crippen LogP) is 4.70. The lowest BCUT2D eigenvalue weighted by Gasteiger charge is -2.11. The summed E-state index contributed by atoms with van der Waals surface area (Å²) in [4.78, 5) is 21.0. The molecular weight excluding hydrogens is 364 g/mol. The van der Waals surface area contributed by atoms with Crippen molar-refractivity contribution in [1.82, 2.24) is 9.97 Å². The largest absolute Gasteiger partial charge is 0.495 e. The Balaban J connectivity index is 1.76. The zero-order valence-corrected chi connectivity index (χ0v) is 15.7. The number of amides is 1. The average Bonchev–Trinajstić information content (AvgIpc) is 2.69. The molecule has 0 unspecified atom stereocenters. The number of hydrogen-bond acceptors (Lipinski definition) is 5. The Hall–Kier alpha value is -3.12. The lowest BCUT2D eigenvalue weighted by atomic mass is 10.1. The number of rotatable bonds is 6. The number of aromatic nitrogens is 2. The van der Waals surface area contributed by atoms with Gasteiger partial charge in [0.15, 0.2) is 0 Å². The van der Waals surface area contributed by atoms with Gasteiger partial charge in [0.2, 0.25) is 5.95 Å². The SMILES string of the molecule is CCc1ccc(Nc2nccc(C(=O)Nc3cc(Cl)ccc3OC)n2)cc1. The van der Waals surface area contributed by atoms with Crippen LogP contribution in [0.15, 0.2) is 54.7 Å². The maximum atomic E-state index is 12.6. The zero-order valence-electron chi connectivity index (χ0n) is 15.0. The van der Waals surface area contributed by atoms with Gasteiger partial charge in [-0.2, -0.15) is 0 Å². The van der Waals surface area contributed by atoms with E-state index >= 15 is 0 Å². The van der Waals surface area contributed by atoms with Crippen molar-refractivity contribution in [1.29, 1.82) is 0 Å². The number of halogens is 1. The summed E-state index contributed by atoms with van der Waals surface area (Å²) in [6.07, 6.45) is 2.50. The van der Waals surface area contributed by atoms with Gasteiger partial charge in [0, 0.05) is 16.9 Å². The fourth-order valence-electron chi connectivity index (χ4n) is 2.46. The number of carbonyl (C=O) groups excluding carboxylic acids is 1. The number of carbonyl (C=O) groups is 1. The summed E-state index contributed by atoms with van der Waals surface area (Å²) in [6, 6.07) is 14.5. The molecule has 0 atom stereocenters. The van der Waals surface area contributed by atoms with Crippen molar-refractivity contribution >= 4 is 34.8 Å². The van der Waals surface area contributed by atoms with Gasteiger partial charge in [-0.05, 0) is 48.4 Å². The van der Waals surface area contributed by atoms with Crippen LogP contribution in [-0.2, 0) is 6.42 Å². The summed E-state index contributed by atoms with van der Waals surface area (Å²) in [5, 5.41) is 6.35. The number of nitrogens with one attached hydrogen (secondary N) is 2. The van der Waals surface area contributed by atoms with Crippen LogP contribution in [0.5, 0.6) is 5.75 Å². The zero-order chi connectivity index (χ0) is 19.2. The number of hydrogen-bond donors (Lipinski definition) is 2. The molecule has 6 nitrogen and oxygen atoms in total. The monoisotopic (exact) mass is 382 g/mol. The molecule has 2 aromatic carbocycles. The molecular formula is C20H19ClN4O2. The van der Waals surface area contributed by atoms with E-state index < -0.39 is 0 Å². The van der Waals surface area contributed by atoms with Crippen molar-refractivity contribution in [2.45, 2.75) is 13.3 Å². The normalized spacial score (nSPS) is 10.3. The summed E-state index contributed by atoms with van der Waals surface area (Å²) in [5.74, 6) is 0.462. The van der Waals surface area contributed by atoms with Crippen molar-refractivity contribution in [2.75, 3.05) is 17.7 Å². The van der Waals surface area contributed by atoms with E-state index in [1.165, 1.54) is 24.9 Å². The highest BCUT2D eigenvalue weighted by Crippen LogP contribution is 2.28. The fourth-order valence-corrected chi connectivity index (χ4v) is 2.63. The van der Waals surface area contributed by atoms with Gasteiger partial charge in [0.1, 0.15) is 11.4 Å². The maximum Gasteiger partial charge on any atom is 0.274 e. The van der Waals surface area contributed by atoms with Crippen molar-refractivity contribution < 1.29 is 9.53 Å². The van der Waals surface area contributed by atoms with E-state index in [9.17, 15) is 4.79 Å². The predicted molar refractivity (Wildman–Crippen MR) is 107 cm³/mol. The minimum Gasteiger partial charge on any atom is -0.495 e. The molecule has 0 radical (unpaired) electrons. The molecule has 0 saturated heterocycles. The first-order chi connectivity index (χ1) is 13.1. The van der Waals surface area contributed by atoms with Gasteiger partial charge >= 0.3 is 0 Å². The summed E-state index contributed by atoms with van der Waals surface area (Å²) in [5.41, 5.74) is 2.78. The summed E-state index contributed by atoms with van der Waals surface area (Å²) in [6.45, 7) is 2.10. The quantitative estimate of drug-likeness (QED) is 0.646. The number of anilines is 3. The second-order valence-electron chi connectivity index (χ2n) is 5.74. The highest BCUT2D eigenvalue weighted by Gasteiger charge is 2.13. The standard InChI is InChI=1S/C20H19ClN4O2/c1-3-13-4-7-15(8-5-13)23-20-22-11-10-16(25-20)19(26)24-17-12-14(21)6-9-18(17)27-2/h4-12H,3H2,1-2H3,(H,24,26)(H,22,23,25). The Bertz CT molecular complexity index is 945. The Morgan fingerprint density at radius 1 is 1.15 bits per heavy atom. The molecule has 0 saturated carbocycles. The Kier molecular flexibility index (Phi) is 5.88. The first-order valence-corrected chi connectivity index (χ1v) is 8.80. The Morgan fingerprint density at radius 3 is 2.63 bits per heavy atom. The van der Waals surface area contributed by atoms with Gasteiger partial charge in [0.25, 0.3) is 5.91 Å². The summed E-state index contributed by atoms with van der Waals surface area (Å²) < 4.78 is 5.24. The van der Waals surface area contributed by atoms with Crippen molar-refractivity contribution in [3.63, 3.8) is 0 Å². The number of nitrogens with zero attached hydrogens (tertiary/aromatic N) is 2. The molecule has 0 spiro atoms. The van der Waals surface area contributed by atoms with Crippen LogP contribution in [0.25, 0.3) is 0 Å². The van der Waals surface area contributed by atoms with Gasteiger partial charge in [0.05, 0.1) is 12.8 Å². The van der Waals surface area contributed by atoms with Crippen LogP contribution in [0.1, 0.15) is 23.0 Å². The highest BCUT2D eigenvalue weighted by atomic mass is 35.5. The maximum absolute atomic E-state index is 12.6. The molecule has 0 fully saturated rings. The summed E-state index contributed by atoms with van der Waals surface area (Å²) >= 11 is 6.00. The van der Waals surface area contributed by atoms with Gasteiger partial charge in [-0.15, -0.1) is 0 Å². The van der Waals surface area contributed by atoms with Crippen LogP contribution in [0.2, 0.25) is 5.02 Å². The minimum absolute atomic E-state index is 0.222. The molecule has 27 heavy (non-hydrogen) atoms. The van der Waals surface area contributed by atoms with Gasteiger partial charge in [-0.3, -0.25) is 4.79 Å². The number of ether oxygens (including phenoxy) is 1. The van der Waals surface area contributed by atoms with Crippen LogP contribution in [-0.4, -0.2) is 23.0 Å². The molecule has 0 aliphatic carbocycles. The lowest BCUT2D eigenvalue weighted by molar-refractivity contribution is 0.102. The van der Waals surface area contributed by atoms with Crippen molar-refractivity contribution in [3.8, 4) is 5.75 Å². The van der Waals surface area contributed by atoms with E-state index in [1.807, 2.05) is 24.3 Å². The molecule has 3 aromatic rings. The molecule has 1 heterocycles. The van der Waals surface area contributed by atoms with E-state index in [1.54, 1.807) is 18.2 Å². The molecule has 0 aliphatic rings. The summed E-state index contributed by atoms with van der Waals surface area (Å²) in [7, 11) is 1.52. The molecule has 3 rings (SSSR count). The van der Waals surface area contributed by atoms with Crippen LogP contribution in [0, 0.1) is 0 Å². The Morgan fingerprint density at radius 2 is 1.93 bits per heavy atom. The molecule has 7 heteroatoms. The first-order valence-electron chi connectivity index (χ1n) is 8.43. The molecule has 1 amide bonds. The van der Waals surface area contributed by atoms with Gasteiger partial charge in [-0.25, -0.2) is 9.97 Å². The third kappa shape index (κ3) is 4.74. The van der Waals surface area contributed by atoms with Gasteiger partial charge < -0.3 is 15.4 Å². The van der Waals surface area contributed by atoms with E-state index in [0.29, 0.717) is 22.4 Å². The second kappa shape index (κ2) is 8.51. The van der Waals surface area contributed by atoms with Crippen molar-refractivity contribution in [2.24, 2.45) is 0 Å². The minimum atomic E-state index is -0.387. The third-order valence-electron chi connectivity index (χ3n) is 3.92. The van der Waals surface area contributed by atoms with Crippen LogP contribution in [0.3, 0.4) is 0 Å². The lowest BCUT2D eigenvalue weighted by Crippen LogP contribution is -2.15. The average molecular weight is 383 g/mol. The number of methoxy groups -OCH3 is 1. The fraction of sp³-hybridized carbons (Fsp3) is 0.150. The smallest absolute Gasteiger partial charge is 0.274 e. The Labute approximate surface area is 162 Å². The van der Waals surface area contributed by atoms with E-state index in [4.69, 9.17) is 16.3 Å². The molecule has 0 bridgehead atoms. The van der Waals surface area contributed by atoms with E-state index in [-0.39, 0.29) is 11.6 Å². The van der Waals surface area contributed by atoms with Crippen LogP contribution in [0.4, 0.5) is 17.3 Å². The van der Waals surface area contributed by atoms with Crippen LogP contribution >= 0.6 is 11.6 Å². The molecule has 1 aromatic heterocycles.